The number of hydrogen-bond donors (Lipinski definition) is 2. The number of amides is 1. The van der Waals surface area contributed by atoms with Crippen LogP contribution < -0.4 is 11.1 Å². The van der Waals surface area contributed by atoms with Crippen molar-refractivity contribution in [2.75, 3.05) is 11.1 Å². The van der Waals surface area contributed by atoms with Gasteiger partial charge in [-0.25, -0.2) is 0 Å². The van der Waals surface area contributed by atoms with Gasteiger partial charge in [0.05, 0.1) is 5.56 Å². The Kier molecular flexibility index (Phi) is 3.28. The summed E-state index contributed by atoms with van der Waals surface area (Å²) in [5.74, 6) is -0.246. The lowest BCUT2D eigenvalue weighted by atomic mass is 10.1. The zero-order chi connectivity index (χ0) is 13.1. The van der Waals surface area contributed by atoms with Gasteiger partial charge in [0, 0.05) is 23.8 Å². The number of nitrogens with zero attached hydrogens (tertiary/aromatic N) is 1. The average Bonchev–Trinajstić information content (AvgIpc) is 2.34. The van der Waals surface area contributed by atoms with Gasteiger partial charge < -0.3 is 11.1 Å². The van der Waals surface area contributed by atoms with Crippen LogP contribution in [0, 0.1) is 13.8 Å². The van der Waals surface area contributed by atoms with Crippen molar-refractivity contribution in [1.29, 1.82) is 0 Å². The first-order valence-corrected chi connectivity index (χ1v) is 5.66. The first-order chi connectivity index (χ1) is 8.58. The lowest BCUT2D eigenvalue weighted by Gasteiger charge is -2.08. The molecule has 0 unspecified atom stereocenters. The molecular formula is C14H15N3O. The lowest BCUT2D eigenvalue weighted by Crippen LogP contribution is -2.14. The number of nitrogens with two attached hydrogens (primary N) is 1. The summed E-state index contributed by atoms with van der Waals surface area (Å²) in [5.41, 5.74) is 9.61. The molecule has 0 bridgehead atoms. The van der Waals surface area contributed by atoms with Gasteiger partial charge in [-0.2, -0.15) is 0 Å². The summed E-state index contributed by atoms with van der Waals surface area (Å²) in [5, 5.41) is 2.81. The normalized spacial score (nSPS) is 10.1. The molecule has 3 N–H and O–H groups in total. The Morgan fingerprint density at radius 1 is 1.22 bits per heavy atom. The molecule has 0 aliphatic rings. The van der Waals surface area contributed by atoms with Crippen LogP contribution >= 0.6 is 0 Å². The number of nitrogens with one attached hydrogen (secondary N) is 1. The highest BCUT2D eigenvalue weighted by molar-refractivity contribution is 6.07. The van der Waals surface area contributed by atoms with Crippen molar-refractivity contribution in [3.63, 3.8) is 0 Å². The summed E-state index contributed by atoms with van der Waals surface area (Å²) >= 11 is 0. The molecule has 92 valence electrons. The van der Waals surface area contributed by atoms with Gasteiger partial charge in [-0.3, -0.25) is 9.78 Å². The predicted molar refractivity (Wildman–Crippen MR) is 72.5 cm³/mol. The molecule has 1 heterocycles. The van der Waals surface area contributed by atoms with Crippen LogP contribution in [0.25, 0.3) is 0 Å². The van der Waals surface area contributed by atoms with E-state index in [-0.39, 0.29) is 5.91 Å². The molecule has 0 saturated carbocycles. The van der Waals surface area contributed by atoms with Gasteiger partial charge in [0.15, 0.2) is 0 Å². The Morgan fingerprint density at radius 2 is 2.00 bits per heavy atom. The molecule has 0 aliphatic carbocycles. The number of carbonyl (C=O) groups excluding carboxylic acids is 1. The van der Waals surface area contributed by atoms with Crippen LogP contribution in [0.5, 0.6) is 0 Å². The maximum absolute atomic E-state index is 12.0. The Hall–Kier alpha value is -2.36. The molecule has 0 radical (unpaired) electrons. The number of aryl methyl sites for hydroxylation is 2. The maximum atomic E-state index is 12.0. The van der Waals surface area contributed by atoms with Gasteiger partial charge in [-0.05, 0) is 43.2 Å². The van der Waals surface area contributed by atoms with Crippen molar-refractivity contribution in [3.8, 4) is 0 Å². The van der Waals surface area contributed by atoms with Crippen molar-refractivity contribution in [2.24, 2.45) is 0 Å². The van der Waals surface area contributed by atoms with E-state index in [1.165, 1.54) is 11.8 Å². The summed E-state index contributed by atoms with van der Waals surface area (Å²) in [6.07, 6.45) is 3.02. The molecule has 0 spiro atoms. The third-order valence-electron chi connectivity index (χ3n) is 2.86. The predicted octanol–water partition coefficient (Wildman–Crippen LogP) is 2.53. The van der Waals surface area contributed by atoms with Gasteiger partial charge in [0.25, 0.3) is 5.91 Å². The van der Waals surface area contributed by atoms with Crippen molar-refractivity contribution in [2.45, 2.75) is 13.8 Å². The summed E-state index contributed by atoms with van der Waals surface area (Å²) in [6, 6.07) is 7.37. The molecule has 1 amide bonds. The second-order valence-corrected chi connectivity index (χ2v) is 4.22. The summed E-state index contributed by atoms with van der Waals surface area (Å²) in [6.45, 7) is 4.03. The van der Waals surface area contributed by atoms with E-state index < -0.39 is 0 Å². The third-order valence-corrected chi connectivity index (χ3v) is 2.86. The van der Waals surface area contributed by atoms with E-state index >= 15 is 0 Å². The second-order valence-electron chi connectivity index (χ2n) is 4.22. The number of rotatable bonds is 2. The van der Waals surface area contributed by atoms with Crippen molar-refractivity contribution >= 4 is 17.3 Å². The van der Waals surface area contributed by atoms with Crippen LogP contribution in [0.1, 0.15) is 21.5 Å². The SMILES string of the molecule is Cc1ccc(NC(=O)c2cnccc2N)cc1C. The number of nitrogen functional groups attached to an aromatic ring is 1. The Morgan fingerprint density at radius 3 is 2.67 bits per heavy atom. The minimum Gasteiger partial charge on any atom is -0.398 e. The molecule has 1 aromatic carbocycles. The number of benzene rings is 1. The van der Waals surface area contributed by atoms with Crippen LogP contribution in [0.4, 0.5) is 11.4 Å². The number of carbonyl (C=O) groups is 1. The van der Waals surface area contributed by atoms with Crippen LogP contribution in [0.2, 0.25) is 0 Å². The summed E-state index contributed by atoms with van der Waals surface area (Å²) in [4.78, 5) is 15.9. The van der Waals surface area contributed by atoms with Crippen molar-refractivity contribution in [3.05, 3.63) is 53.3 Å². The van der Waals surface area contributed by atoms with Gasteiger partial charge in [0.2, 0.25) is 0 Å². The first kappa shape index (κ1) is 12.1. The molecule has 2 rings (SSSR count). The molecule has 18 heavy (non-hydrogen) atoms. The largest absolute Gasteiger partial charge is 0.398 e. The fourth-order valence-electron chi connectivity index (χ4n) is 1.61. The topological polar surface area (TPSA) is 68.0 Å². The second kappa shape index (κ2) is 4.87. The van der Waals surface area contributed by atoms with Gasteiger partial charge in [0.1, 0.15) is 0 Å². The van der Waals surface area contributed by atoms with E-state index in [0.717, 1.165) is 11.3 Å². The summed E-state index contributed by atoms with van der Waals surface area (Å²) in [7, 11) is 0. The zero-order valence-electron chi connectivity index (χ0n) is 10.4. The van der Waals surface area contributed by atoms with E-state index in [4.69, 9.17) is 5.73 Å². The number of anilines is 2. The molecule has 1 aromatic heterocycles. The highest BCUT2D eigenvalue weighted by atomic mass is 16.1. The van der Waals surface area contributed by atoms with E-state index in [1.54, 1.807) is 12.3 Å². The summed E-state index contributed by atoms with van der Waals surface area (Å²) < 4.78 is 0. The standard InChI is InChI=1S/C14H15N3O/c1-9-3-4-11(7-10(9)2)17-14(18)12-8-16-6-5-13(12)15/h3-8H,1-2H3,(H2,15,16)(H,17,18). The van der Waals surface area contributed by atoms with E-state index in [9.17, 15) is 4.79 Å². The molecule has 0 fully saturated rings. The zero-order valence-corrected chi connectivity index (χ0v) is 10.4. The molecular weight excluding hydrogens is 226 g/mol. The maximum Gasteiger partial charge on any atom is 0.259 e. The highest BCUT2D eigenvalue weighted by Gasteiger charge is 2.09. The molecule has 4 nitrogen and oxygen atoms in total. The van der Waals surface area contributed by atoms with Gasteiger partial charge in [-0.1, -0.05) is 6.07 Å². The van der Waals surface area contributed by atoms with Crippen LogP contribution in [-0.4, -0.2) is 10.9 Å². The van der Waals surface area contributed by atoms with Crippen LogP contribution in [0.3, 0.4) is 0 Å². The van der Waals surface area contributed by atoms with E-state index in [1.807, 2.05) is 32.0 Å². The fourth-order valence-corrected chi connectivity index (χ4v) is 1.61. The van der Waals surface area contributed by atoms with Gasteiger partial charge in [-0.15, -0.1) is 0 Å². The van der Waals surface area contributed by atoms with Crippen LogP contribution in [0.15, 0.2) is 36.7 Å². The quantitative estimate of drug-likeness (QED) is 0.849. The third kappa shape index (κ3) is 2.48. The highest BCUT2D eigenvalue weighted by Crippen LogP contribution is 2.16. The number of pyridine rings is 1. The molecule has 0 atom stereocenters. The van der Waals surface area contributed by atoms with E-state index in [2.05, 4.69) is 10.3 Å². The fraction of sp³-hybridized carbons (Fsp3) is 0.143. The van der Waals surface area contributed by atoms with Crippen molar-refractivity contribution < 1.29 is 4.79 Å². The Labute approximate surface area is 106 Å². The van der Waals surface area contributed by atoms with E-state index in [0.29, 0.717) is 11.3 Å². The first-order valence-electron chi connectivity index (χ1n) is 5.66. The molecule has 2 aromatic rings. The van der Waals surface area contributed by atoms with Crippen molar-refractivity contribution in [1.82, 2.24) is 4.98 Å². The smallest absolute Gasteiger partial charge is 0.259 e. The number of aromatic nitrogens is 1. The lowest BCUT2D eigenvalue weighted by molar-refractivity contribution is 0.102. The Bertz CT molecular complexity index is 593. The van der Waals surface area contributed by atoms with Crippen LogP contribution in [-0.2, 0) is 0 Å². The minimum atomic E-state index is -0.246. The minimum absolute atomic E-state index is 0.246. The number of hydrogen-bond acceptors (Lipinski definition) is 3. The molecule has 4 heteroatoms. The molecule has 0 saturated heterocycles. The van der Waals surface area contributed by atoms with Gasteiger partial charge >= 0.3 is 0 Å². The molecule has 0 aliphatic heterocycles. The average molecular weight is 241 g/mol. The monoisotopic (exact) mass is 241 g/mol. The Balaban J connectivity index is 2.22.